The lowest BCUT2D eigenvalue weighted by Gasteiger charge is -2.27. The second-order valence-electron chi connectivity index (χ2n) is 4.29. The zero-order chi connectivity index (χ0) is 12.3. The van der Waals surface area contributed by atoms with E-state index in [1.807, 2.05) is 0 Å². The molecule has 0 saturated carbocycles. The smallest absolute Gasteiger partial charge is 0.311 e. The number of carbonyl (C=O) groups is 2. The highest BCUT2D eigenvalue weighted by molar-refractivity contribution is 5.80. The monoisotopic (exact) mass is 230 g/mol. The van der Waals surface area contributed by atoms with Crippen molar-refractivity contribution in [3.63, 3.8) is 0 Å². The summed E-state index contributed by atoms with van der Waals surface area (Å²) in [4.78, 5) is 25.9. The lowest BCUT2D eigenvalue weighted by molar-refractivity contribution is -0.144. The van der Waals surface area contributed by atoms with Gasteiger partial charge in [-0.15, -0.1) is 0 Å². The summed E-state index contributed by atoms with van der Waals surface area (Å²) in [7, 11) is 5.22. The third-order valence-corrected chi connectivity index (χ3v) is 2.71. The van der Waals surface area contributed by atoms with Gasteiger partial charge in [0.25, 0.3) is 0 Å². The van der Waals surface area contributed by atoms with Crippen LogP contribution in [0.3, 0.4) is 0 Å². The molecule has 0 aromatic heterocycles. The molecule has 0 spiro atoms. The SMILES string of the molecule is CN(C)CC(=O)N(C)C1COCC1C(=O)O. The van der Waals surface area contributed by atoms with E-state index in [-0.39, 0.29) is 25.1 Å². The fourth-order valence-electron chi connectivity index (χ4n) is 1.73. The first-order valence-corrected chi connectivity index (χ1v) is 5.14. The Hall–Kier alpha value is -1.14. The van der Waals surface area contributed by atoms with Crippen LogP contribution >= 0.6 is 0 Å². The van der Waals surface area contributed by atoms with Gasteiger partial charge >= 0.3 is 5.97 Å². The number of carbonyl (C=O) groups excluding carboxylic acids is 1. The summed E-state index contributed by atoms with van der Waals surface area (Å²) in [6.07, 6.45) is 0. The molecule has 1 saturated heterocycles. The molecule has 6 nitrogen and oxygen atoms in total. The zero-order valence-corrected chi connectivity index (χ0v) is 9.84. The van der Waals surface area contributed by atoms with E-state index in [4.69, 9.17) is 9.84 Å². The Morgan fingerprint density at radius 3 is 2.44 bits per heavy atom. The Morgan fingerprint density at radius 1 is 1.31 bits per heavy atom. The quantitative estimate of drug-likeness (QED) is 0.678. The van der Waals surface area contributed by atoms with E-state index in [0.29, 0.717) is 6.61 Å². The predicted octanol–water partition coefficient (Wildman–Crippen LogP) is -0.894. The number of rotatable bonds is 4. The van der Waals surface area contributed by atoms with Gasteiger partial charge in [0.1, 0.15) is 5.92 Å². The molecule has 1 amide bonds. The summed E-state index contributed by atoms with van der Waals surface area (Å²) in [6, 6.07) is -0.357. The van der Waals surface area contributed by atoms with E-state index in [0.717, 1.165) is 0 Å². The average Bonchev–Trinajstić information content (AvgIpc) is 2.63. The Bertz CT molecular complexity index is 280. The molecular formula is C10H18N2O4. The predicted molar refractivity (Wildman–Crippen MR) is 57.1 cm³/mol. The van der Waals surface area contributed by atoms with Crippen molar-refractivity contribution in [3.8, 4) is 0 Å². The Balaban J connectivity index is 2.62. The van der Waals surface area contributed by atoms with Crippen LogP contribution in [0.5, 0.6) is 0 Å². The van der Waals surface area contributed by atoms with Gasteiger partial charge in [0.15, 0.2) is 0 Å². The molecule has 1 aliphatic heterocycles. The molecule has 2 unspecified atom stereocenters. The molecule has 2 atom stereocenters. The van der Waals surface area contributed by atoms with Crippen LogP contribution in [-0.4, -0.2) is 73.7 Å². The van der Waals surface area contributed by atoms with Crippen LogP contribution in [0.4, 0.5) is 0 Å². The second kappa shape index (κ2) is 5.27. The molecule has 1 fully saturated rings. The van der Waals surface area contributed by atoms with Crippen molar-refractivity contribution in [2.24, 2.45) is 5.92 Å². The van der Waals surface area contributed by atoms with Gasteiger partial charge in [-0.3, -0.25) is 9.59 Å². The minimum Gasteiger partial charge on any atom is -0.481 e. The molecule has 1 aliphatic rings. The first kappa shape index (κ1) is 12.9. The maximum Gasteiger partial charge on any atom is 0.311 e. The summed E-state index contributed by atoms with van der Waals surface area (Å²) in [5, 5.41) is 8.97. The van der Waals surface area contributed by atoms with E-state index in [2.05, 4.69) is 0 Å². The van der Waals surface area contributed by atoms with Gasteiger partial charge in [-0.05, 0) is 14.1 Å². The maximum absolute atomic E-state index is 11.7. The first-order chi connectivity index (χ1) is 7.43. The fourth-order valence-corrected chi connectivity index (χ4v) is 1.73. The average molecular weight is 230 g/mol. The minimum atomic E-state index is -0.910. The van der Waals surface area contributed by atoms with E-state index in [1.165, 1.54) is 4.90 Å². The van der Waals surface area contributed by atoms with E-state index < -0.39 is 11.9 Å². The fraction of sp³-hybridized carbons (Fsp3) is 0.800. The number of hydrogen-bond acceptors (Lipinski definition) is 4. The summed E-state index contributed by atoms with van der Waals surface area (Å²) in [5.74, 6) is -1.62. The van der Waals surface area contributed by atoms with Crippen LogP contribution in [0.15, 0.2) is 0 Å². The van der Waals surface area contributed by atoms with Crippen molar-refractivity contribution in [1.29, 1.82) is 0 Å². The van der Waals surface area contributed by atoms with Gasteiger partial charge in [-0.25, -0.2) is 0 Å². The molecule has 1 N–H and O–H groups in total. The lowest BCUT2D eigenvalue weighted by atomic mass is 10.0. The summed E-state index contributed by atoms with van der Waals surface area (Å²) < 4.78 is 5.12. The number of hydrogen-bond donors (Lipinski definition) is 1. The molecule has 16 heavy (non-hydrogen) atoms. The van der Waals surface area contributed by atoms with Crippen LogP contribution in [0.25, 0.3) is 0 Å². The van der Waals surface area contributed by atoms with Crippen LogP contribution in [0.1, 0.15) is 0 Å². The summed E-state index contributed by atoms with van der Waals surface area (Å²) in [5.41, 5.74) is 0. The van der Waals surface area contributed by atoms with E-state index in [1.54, 1.807) is 26.0 Å². The van der Waals surface area contributed by atoms with Crippen molar-refractivity contribution >= 4 is 11.9 Å². The lowest BCUT2D eigenvalue weighted by Crippen LogP contribution is -2.46. The van der Waals surface area contributed by atoms with Crippen molar-refractivity contribution in [2.45, 2.75) is 6.04 Å². The van der Waals surface area contributed by atoms with Crippen molar-refractivity contribution in [3.05, 3.63) is 0 Å². The molecule has 6 heteroatoms. The second-order valence-corrected chi connectivity index (χ2v) is 4.29. The third-order valence-electron chi connectivity index (χ3n) is 2.71. The van der Waals surface area contributed by atoms with Crippen molar-refractivity contribution < 1.29 is 19.4 Å². The van der Waals surface area contributed by atoms with Crippen LogP contribution in [-0.2, 0) is 14.3 Å². The third kappa shape index (κ3) is 2.93. The van der Waals surface area contributed by atoms with Gasteiger partial charge in [0, 0.05) is 7.05 Å². The van der Waals surface area contributed by atoms with Crippen molar-refractivity contribution in [2.75, 3.05) is 40.9 Å². The first-order valence-electron chi connectivity index (χ1n) is 5.14. The minimum absolute atomic E-state index is 0.0910. The highest BCUT2D eigenvalue weighted by Gasteiger charge is 2.38. The van der Waals surface area contributed by atoms with Crippen LogP contribution in [0, 0.1) is 5.92 Å². The number of carboxylic acid groups (broad SMARTS) is 1. The normalized spacial score (nSPS) is 24.8. The number of carboxylic acids is 1. The zero-order valence-electron chi connectivity index (χ0n) is 9.84. The topological polar surface area (TPSA) is 70.1 Å². The highest BCUT2D eigenvalue weighted by Crippen LogP contribution is 2.19. The number of ether oxygens (including phenoxy) is 1. The Kier molecular flexibility index (Phi) is 4.26. The molecule has 0 aromatic rings. The highest BCUT2D eigenvalue weighted by atomic mass is 16.5. The van der Waals surface area contributed by atoms with Gasteiger partial charge in [0.2, 0.25) is 5.91 Å². The van der Waals surface area contributed by atoms with E-state index in [9.17, 15) is 9.59 Å². The van der Waals surface area contributed by atoms with Gasteiger partial charge in [-0.2, -0.15) is 0 Å². The van der Waals surface area contributed by atoms with Gasteiger partial charge in [-0.1, -0.05) is 0 Å². The summed E-state index contributed by atoms with van der Waals surface area (Å²) in [6.45, 7) is 0.756. The standard InChI is InChI=1S/C10H18N2O4/c1-11(2)4-9(13)12(3)8-6-16-5-7(8)10(14)15/h7-8H,4-6H2,1-3H3,(H,14,15). The van der Waals surface area contributed by atoms with Gasteiger partial charge < -0.3 is 19.6 Å². The number of nitrogens with zero attached hydrogens (tertiary/aromatic N) is 2. The molecule has 1 rings (SSSR count). The number of amides is 1. The van der Waals surface area contributed by atoms with Crippen LogP contribution < -0.4 is 0 Å². The molecule has 1 heterocycles. The molecule has 0 aromatic carbocycles. The van der Waals surface area contributed by atoms with E-state index >= 15 is 0 Å². The molecule has 0 radical (unpaired) electrons. The summed E-state index contributed by atoms with van der Waals surface area (Å²) >= 11 is 0. The van der Waals surface area contributed by atoms with Gasteiger partial charge in [0.05, 0.1) is 25.8 Å². The molecule has 92 valence electrons. The maximum atomic E-state index is 11.7. The largest absolute Gasteiger partial charge is 0.481 e. The molecular weight excluding hydrogens is 212 g/mol. The molecule has 0 bridgehead atoms. The van der Waals surface area contributed by atoms with Crippen molar-refractivity contribution in [1.82, 2.24) is 9.80 Å². The Labute approximate surface area is 94.8 Å². The van der Waals surface area contributed by atoms with Crippen LogP contribution in [0.2, 0.25) is 0 Å². The number of aliphatic carboxylic acids is 1. The number of likely N-dealkylation sites (N-methyl/N-ethyl adjacent to an activating group) is 2. The molecule has 0 aliphatic carbocycles. The Morgan fingerprint density at radius 2 is 1.94 bits per heavy atom.